The maximum absolute atomic E-state index is 12.0. The maximum Gasteiger partial charge on any atom is 0.239 e. The van der Waals surface area contributed by atoms with Crippen molar-refractivity contribution in [3.8, 4) is 0 Å². The fraction of sp³-hybridized carbons (Fsp3) is 0.917. The summed E-state index contributed by atoms with van der Waals surface area (Å²) in [6.45, 7) is 7.31. The second kappa shape index (κ2) is 5.64. The summed E-state index contributed by atoms with van der Waals surface area (Å²) in [5.74, 6) is 0.696. The first-order valence-corrected chi connectivity index (χ1v) is 6.14. The highest BCUT2D eigenvalue weighted by Gasteiger charge is 2.31. The van der Waals surface area contributed by atoms with E-state index in [0.717, 1.165) is 19.4 Å². The molecule has 1 saturated heterocycles. The standard InChI is InChI=1S/C12H24N2O2/c1-8(2)6-11(13)12(16)14-5-4-10(7-14)9(3)15/h8-11,15H,4-7,13H2,1-3H3/t9?,10?,11-/m0/s1. The van der Waals surface area contributed by atoms with Crippen LogP contribution in [0.3, 0.4) is 0 Å². The van der Waals surface area contributed by atoms with Crippen LogP contribution in [0, 0.1) is 11.8 Å². The number of rotatable bonds is 4. The van der Waals surface area contributed by atoms with Crippen LogP contribution in [0.25, 0.3) is 0 Å². The minimum Gasteiger partial charge on any atom is -0.393 e. The van der Waals surface area contributed by atoms with Crippen molar-refractivity contribution in [1.29, 1.82) is 0 Å². The number of aliphatic hydroxyl groups excluding tert-OH is 1. The van der Waals surface area contributed by atoms with Crippen LogP contribution in [0.5, 0.6) is 0 Å². The number of amides is 1. The zero-order valence-corrected chi connectivity index (χ0v) is 10.5. The van der Waals surface area contributed by atoms with E-state index in [0.29, 0.717) is 12.5 Å². The fourth-order valence-electron chi connectivity index (χ4n) is 2.22. The van der Waals surface area contributed by atoms with Crippen LogP contribution in [-0.2, 0) is 4.79 Å². The Morgan fingerprint density at radius 2 is 2.12 bits per heavy atom. The molecule has 4 heteroatoms. The van der Waals surface area contributed by atoms with Crippen LogP contribution in [0.2, 0.25) is 0 Å². The second-order valence-corrected chi connectivity index (χ2v) is 5.31. The van der Waals surface area contributed by atoms with Crippen molar-refractivity contribution in [3.63, 3.8) is 0 Å². The highest BCUT2D eigenvalue weighted by atomic mass is 16.3. The van der Waals surface area contributed by atoms with E-state index in [2.05, 4.69) is 13.8 Å². The Morgan fingerprint density at radius 1 is 1.50 bits per heavy atom. The third-order valence-corrected chi connectivity index (χ3v) is 3.26. The number of likely N-dealkylation sites (tertiary alicyclic amines) is 1. The van der Waals surface area contributed by atoms with Crippen molar-refractivity contribution in [2.75, 3.05) is 13.1 Å². The van der Waals surface area contributed by atoms with Gasteiger partial charge in [-0.1, -0.05) is 13.8 Å². The Hall–Kier alpha value is -0.610. The largest absolute Gasteiger partial charge is 0.393 e. The lowest BCUT2D eigenvalue weighted by atomic mass is 10.0. The molecule has 1 rings (SSSR count). The highest BCUT2D eigenvalue weighted by Crippen LogP contribution is 2.20. The fourth-order valence-corrected chi connectivity index (χ4v) is 2.22. The molecular formula is C12H24N2O2. The molecule has 1 heterocycles. The van der Waals surface area contributed by atoms with E-state index in [9.17, 15) is 9.90 Å². The Morgan fingerprint density at radius 3 is 2.56 bits per heavy atom. The SMILES string of the molecule is CC(C)C[C@H](N)C(=O)N1CCC(C(C)O)C1. The summed E-state index contributed by atoms with van der Waals surface area (Å²) in [5.41, 5.74) is 5.87. The summed E-state index contributed by atoms with van der Waals surface area (Å²) in [6, 6.07) is -0.382. The van der Waals surface area contributed by atoms with Gasteiger partial charge in [-0.25, -0.2) is 0 Å². The summed E-state index contributed by atoms with van der Waals surface area (Å²) in [6.07, 6.45) is 1.28. The van der Waals surface area contributed by atoms with Crippen molar-refractivity contribution < 1.29 is 9.90 Å². The molecule has 2 unspecified atom stereocenters. The number of aliphatic hydroxyl groups is 1. The molecule has 3 N–H and O–H groups in total. The summed E-state index contributed by atoms with van der Waals surface area (Å²) in [7, 11) is 0. The van der Waals surface area contributed by atoms with Crippen molar-refractivity contribution in [2.45, 2.75) is 45.8 Å². The van der Waals surface area contributed by atoms with Crippen LogP contribution in [-0.4, -0.2) is 41.1 Å². The molecule has 0 spiro atoms. The Balaban J connectivity index is 2.44. The molecule has 1 aliphatic heterocycles. The molecule has 94 valence electrons. The number of hydrogen-bond acceptors (Lipinski definition) is 3. The van der Waals surface area contributed by atoms with Gasteiger partial charge in [-0.3, -0.25) is 4.79 Å². The number of carbonyl (C=O) groups excluding carboxylic acids is 1. The van der Waals surface area contributed by atoms with Gasteiger partial charge in [-0.15, -0.1) is 0 Å². The predicted octanol–water partition coefficient (Wildman–Crippen LogP) is 0.589. The van der Waals surface area contributed by atoms with Crippen LogP contribution >= 0.6 is 0 Å². The van der Waals surface area contributed by atoms with E-state index in [1.54, 1.807) is 11.8 Å². The lowest BCUT2D eigenvalue weighted by Gasteiger charge is -2.22. The van der Waals surface area contributed by atoms with Gasteiger partial charge in [0, 0.05) is 19.0 Å². The molecule has 16 heavy (non-hydrogen) atoms. The first-order chi connectivity index (χ1) is 7.41. The number of carbonyl (C=O) groups is 1. The first kappa shape index (κ1) is 13.5. The summed E-state index contributed by atoms with van der Waals surface area (Å²) in [4.78, 5) is 13.8. The average Bonchev–Trinajstić information content (AvgIpc) is 2.64. The molecule has 0 aromatic rings. The number of nitrogens with two attached hydrogens (primary N) is 1. The zero-order valence-electron chi connectivity index (χ0n) is 10.5. The summed E-state index contributed by atoms with van der Waals surface area (Å²) in [5, 5.41) is 9.47. The van der Waals surface area contributed by atoms with Crippen LogP contribution < -0.4 is 5.73 Å². The lowest BCUT2D eigenvalue weighted by Crippen LogP contribution is -2.43. The molecule has 0 bridgehead atoms. The molecule has 0 saturated carbocycles. The third kappa shape index (κ3) is 3.46. The van der Waals surface area contributed by atoms with E-state index in [-0.39, 0.29) is 24.0 Å². The van der Waals surface area contributed by atoms with E-state index in [1.807, 2.05) is 0 Å². The average molecular weight is 228 g/mol. The maximum atomic E-state index is 12.0. The molecule has 3 atom stereocenters. The molecular weight excluding hydrogens is 204 g/mol. The first-order valence-electron chi connectivity index (χ1n) is 6.14. The van der Waals surface area contributed by atoms with Gasteiger partial charge < -0.3 is 15.7 Å². The van der Waals surface area contributed by atoms with Gasteiger partial charge in [-0.05, 0) is 25.7 Å². The molecule has 1 aliphatic rings. The van der Waals surface area contributed by atoms with Crippen molar-refractivity contribution in [3.05, 3.63) is 0 Å². The van der Waals surface area contributed by atoms with Gasteiger partial charge in [0.15, 0.2) is 0 Å². The molecule has 0 aromatic carbocycles. The number of hydrogen-bond donors (Lipinski definition) is 2. The van der Waals surface area contributed by atoms with Crippen molar-refractivity contribution in [2.24, 2.45) is 17.6 Å². The van der Waals surface area contributed by atoms with Gasteiger partial charge in [0.25, 0.3) is 0 Å². The summed E-state index contributed by atoms with van der Waals surface area (Å²) >= 11 is 0. The zero-order chi connectivity index (χ0) is 12.3. The monoisotopic (exact) mass is 228 g/mol. The van der Waals surface area contributed by atoms with Gasteiger partial charge in [0.2, 0.25) is 5.91 Å². The van der Waals surface area contributed by atoms with Gasteiger partial charge in [0.1, 0.15) is 0 Å². The van der Waals surface area contributed by atoms with Crippen LogP contribution in [0.4, 0.5) is 0 Å². The van der Waals surface area contributed by atoms with Crippen molar-refractivity contribution >= 4 is 5.91 Å². The molecule has 0 aliphatic carbocycles. The van der Waals surface area contributed by atoms with E-state index in [4.69, 9.17) is 5.73 Å². The smallest absolute Gasteiger partial charge is 0.239 e. The Kier molecular flexibility index (Phi) is 4.74. The molecule has 4 nitrogen and oxygen atoms in total. The lowest BCUT2D eigenvalue weighted by molar-refractivity contribution is -0.132. The minimum absolute atomic E-state index is 0.0388. The second-order valence-electron chi connectivity index (χ2n) is 5.31. The molecule has 1 fully saturated rings. The predicted molar refractivity (Wildman–Crippen MR) is 63.8 cm³/mol. The topological polar surface area (TPSA) is 66.6 Å². The molecule has 0 radical (unpaired) electrons. The molecule has 0 aromatic heterocycles. The normalized spacial score (nSPS) is 24.9. The summed E-state index contributed by atoms with van der Waals surface area (Å²) < 4.78 is 0. The molecule has 1 amide bonds. The van der Waals surface area contributed by atoms with E-state index < -0.39 is 0 Å². The van der Waals surface area contributed by atoms with Crippen LogP contribution in [0.1, 0.15) is 33.6 Å². The van der Waals surface area contributed by atoms with E-state index >= 15 is 0 Å². The number of nitrogens with zero attached hydrogens (tertiary/aromatic N) is 1. The Bertz CT molecular complexity index is 241. The highest BCUT2D eigenvalue weighted by molar-refractivity contribution is 5.81. The van der Waals surface area contributed by atoms with Crippen LogP contribution in [0.15, 0.2) is 0 Å². The van der Waals surface area contributed by atoms with E-state index in [1.165, 1.54) is 0 Å². The Labute approximate surface area is 97.8 Å². The minimum atomic E-state index is -0.382. The van der Waals surface area contributed by atoms with Crippen molar-refractivity contribution in [1.82, 2.24) is 4.90 Å². The van der Waals surface area contributed by atoms with Gasteiger partial charge in [0.05, 0.1) is 12.1 Å². The van der Waals surface area contributed by atoms with Gasteiger partial charge in [-0.2, -0.15) is 0 Å². The third-order valence-electron chi connectivity index (χ3n) is 3.26. The quantitative estimate of drug-likeness (QED) is 0.740. The van der Waals surface area contributed by atoms with Gasteiger partial charge >= 0.3 is 0 Å².